The van der Waals surface area contributed by atoms with Crippen molar-refractivity contribution in [3.63, 3.8) is 0 Å². The summed E-state index contributed by atoms with van der Waals surface area (Å²) < 4.78 is 23.6. The number of hydrogen-bond donors (Lipinski definition) is 0. The standard InChI is InChI=1S/C10H8FNO2S/c1-12-5-9(15-14)10(13)7-3-2-6(11)4-8(7)12/h2-4H,5H2,1H3. The Morgan fingerprint density at radius 1 is 1.47 bits per heavy atom. The van der Waals surface area contributed by atoms with Gasteiger partial charge in [0, 0.05) is 12.6 Å². The summed E-state index contributed by atoms with van der Waals surface area (Å²) in [5, 5.41) is 0. The van der Waals surface area contributed by atoms with Gasteiger partial charge < -0.3 is 4.90 Å². The normalized spacial score (nSPS) is 15.2. The molecule has 1 aromatic carbocycles. The Hall–Kier alpha value is -1.49. The lowest BCUT2D eigenvalue weighted by atomic mass is 10.0. The van der Waals surface area contributed by atoms with Gasteiger partial charge >= 0.3 is 0 Å². The number of fused-ring (bicyclic) bond motifs is 1. The van der Waals surface area contributed by atoms with Gasteiger partial charge in [-0.15, -0.1) is 0 Å². The minimum atomic E-state index is -0.383. The molecule has 78 valence electrons. The van der Waals surface area contributed by atoms with Crippen LogP contribution in [0.15, 0.2) is 18.2 Å². The molecule has 1 heterocycles. The number of hydrogen-bond acceptors (Lipinski definition) is 3. The van der Waals surface area contributed by atoms with Gasteiger partial charge in [-0.2, -0.15) is 0 Å². The van der Waals surface area contributed by atoms with Gasteiger partial charge in [0.15, 0.2) is 0 Å². The topological polar surface area (TPSA) is 37.4 Å². The summed E-state index contributed by atoms with van der Waals surface area (Å²) in [4.78, 5) is 13.6. The molecule has 2 rings (SSSR count). The number of ketones is 1. The van der Waals surface area contributed by atoms with E-state index < -0.39 is 0 Å². The smallest absolute Gasteiger partial charge is 0.205 e. The average Bonchev–Trinajstić information content (AvgIpc) is 2.23. The molecule has 0 bridgehead atoms. The van der Waals surface area contributed by atoms with Crippen LogP contribution in [0.5, 0.6) is 0 Å². The first-order valence-corrected chi connectivity index (χ1v) is 5.08. The van der Waals surface area contributed by atoms with Crippen LogP contribution < -0.4 is 4.90 Å². The third kappa shape index (κ3) is 1.59. The Morgan fingerprint density at radius 3 is 2.87 bits per heavy atom. The summed E-state index contributed by atoms with van der Waals surface area (Å²) in [5.41, 5.74) is 0.932. The molecule has 0 fully saturated rings. The Balaban J connectivity index is 2.64. The zero-order valence-electron chi connectivity index (χ0n) is 7.99. The van der Waals surface area contributed by atoms with Gasteiger partial charge in [0.2, 0.25) is 5.78 Å². The van der Waals surface area contributed by atoms with Crippen LogP contribution >= 0.6 is 0 Å². The average molecular weight is 225 g/mol. The Labute approximate surface area is 89.6 Å². The SMILES string of the molecule is CN1CC(=S=O)C(=O)c2ccc(F)cc21. The van der Waals surface area contributed by atoms with Crippen LogP contribution in [0.1, 0.15) is 10.4 Å². The molecule has 0 atom stereocenters. The minimum absolute atomic E-state index is 0.207. The van der Waals surface area contributed by atoms with Crippen molar-refractivity contribution in [1.82, 2.24) is 0 Å². The molecule has 0 spiro atoms. The molecule has 3 nitrogen and oxygen atoms in total. The number of anilines is 1. The van der Waals surface area contributed by atoms with Crippen molar-refractivity contribution >= 4 is 27.6 Å². The van der Waals surface area contributed by atoms with E-state index in [1.165, 1.54) is 18.2 Å². The molecule has 1 aliphatic heterocycles. The van der Waals surface area contributed by atoms with Crippen molar-refractivity contribution in [2.45, 2.75) is 0 Å². The van der Waals surface area contributed by atoms with Gasteiger partial charge in [-0.1, -0.05) is 0 Å². The van der Waals surface area contributed by atoms with Crippen LogP contribution in [0.25, 0.3) is 0 Å². The van der Waals surface area contributed by atoms with Gasteiger partial charge in [-0.05, 0) is 18.2 Å². The van der Waals surface area contributed by atoms with Crippen LogP contribution in [0, 0.1) is 5.82 Å². The van der Waals surface area contributed by atoms with E-state index in [1.54, 1.807) is 11.9 Å². The van der Waals surface area contributed by atoms with Crippen molar-refractivity contribution in [3.8, 4) is 0 Å². The van der Waals surface area contributed by atoms with Crippen LogP contribution in [0.2, 0.25) is 0 Å². The van der Waals surface area contributed by atoms with Gasteiger partial charge in [0.25, 0.3) is 0 Å². The second kappa shape index (κ2) is 3.58. The Bertz CT molecular complexity index is 494. The third-order valence-electron chi connectivity index (χ3n) is 2.35. The molecule has 0 aliphatic carbocycles. The largest absolute Gasteiger partial charge is 0.368 e. The number of carbonyl (C=O) groups is 1. The summed E-state index contributed by atoms with van der Waals surface area (Å²) in [5.74, 6) is -0.672. The van der Waals surface area contributed by atoms with E-state index in [1.807, 2.05) is 0 Å². The van der Waals surface area contributed by atoms with Gasteiger partial charge in [0.1, 0.15) is 10.7 Å². The molecule has 0 amide bonds. The van der Waals surface area contributed by atoms with E-state index in [2.05, 4.69) is 0 Å². The molecule has 5 heteroatoms. The predicted molar refractivity (Wildman–Crippen MR) is 57.1 cm³/mol. The molecule has 0 aromatic heterocycles. The van der Waals surface area contributed by atoms with Crippen LogP contribution in [0.3, 0.4) is 0 Å². The number of benzene rings is 1. The molecule has 0 saturated heterocycles. The molecule has 1 aliphatic rings. The maximum absolute atomic E-state index is 13.0. The fourth-order valence-corrected chi connectivity index (χ4v) is 2.03. The summed E-state index contributed by atoms with van der Waals surface area (Å²) in [7, 11) is 1.72. The molecule has 0 saturated carbocycles. The summed E-state index contributed by atoms with van der Waals surface area (Å²) in [6.07, 6.45) is 0. The second-order valence-electron chi connectivity index (χ2n) is 3.35. The predicted octanol–water partition coefficient (Wildman–Crippen LogP) is 0.844. The maximum atomic E-state index is 13.0. The molecule has 15 heavy (non-hydrogen) atoms. The zero-order valence-corrected chi connectivity index (χ0v) is 8.81. The summed E-state index contributed by atoms with van der Waals surface area (Å²) in [6.45, 7) is 0.253. The first-order valence-electron chi connectivity index (χ1n) is 4.34. The second-order valence-corrected chi connectivity index (χ2v) is 4.01. The van der Waals surface area contributed by atoms with Crippen LogP contribution in [-0.4, -0.2) is 28.4 Å². The van der Waals surface area contributed by atoms with Crippen molar-refractivity contribution in [1.29, 1.82) is 0 Å². The first kappa shape index (κ1) is 10.0. The van der Waals surface area contributed by atoms with E-state index in [4.69, 9.17) is 0 Å². The molecular formula is C10H8FNO2S. The first-order chi connectivity index (χ1) is 7.13. The molecule has 0 radical (unpaired) electrons. The minimum Gasteiger partial charge on any atom is -0.368 e. The maximum Gasteiger partial charge on any atom is 0.205 e. The van der Waals surface area contributed by atoms with E-state index in [9.17, 15) is 13.4 Å². The molecule has 0 unspecified atom stereocenters. The highest BCUT2D eigenvalue weighted by Crippen LogP contribution is 2.25. The number of rotatable bonds is 0. The van der Waals surface area contributed by atoms with Crippen LogP contribution in [0.4, 0.5) is 10.1 Å². The fraction of sp³-hybridized carbons (Fsp3) is 0.200. The van der Waals surface area contributed by atoms with Gasteiger partial charge in [0.05, 0.1) is 23.5 Å². The lowest BCUT2D eigenvalue weighted by Crippen LogP contribution is -2.37. The monoisotopic (exact) mass is 225 g/mol. The number of nitrogens with zero attached hydrogens (tertiary/aromatic N) is 1. The van der Waals surface area contributed by atoms with E-state index in [0.717, 1.165) is 0 Å². The van der Waals surface area contributed by atoms with E-state index >= 15 is 0 Å². The van der Waals surface area contributed by atoms with Crippen molar-refractivity contribution in [3.05, 3.63) is 29.6 Å². The van der Waals surface area contributed by atoms with Crippen molar-refractivity contribution in [2.75, 3.05) is 18.5 Å². The number of Topliss-reactive ketones (excluding diaryl/α,β-unsaturated/α-hetero) is 1. The van der Waals surface area contributed by atoms with Crippen molar-refractivity contribution < 1.29 is 13.4 Å². The quantitative estimate of drug-likeness (QED) is 0.614. The molecule has 1 aromatic rings. The van der Waals surface area contributed by atoms with Gasteiger partial charge in [-0.3, -0.25) is 4.79 Å². The lowest BCUT2D eigenvalue weighted by molar-refractivity contribution is 0.106. The fourth-order valence-electron chi connectivity index (χ4n) is 1.60. The van der Waals surface area contributed by atoms with E-state index in [0.29, 0.717) is 11.3 Å². The summed E-state index contributed by atoms with van der Waals surface area (Å²) >= 11 is 0.207. The van der Waals surface area contributed by atoms with Gasteiger partial charge in [-0.25, -0.2) is 8.60 Å². The number of halogens is 1. The third-order valence-corrected chi connectivity index (χ3v) is 2.87. The number of carbonyl (C=O) groups excluding carboxylic acids is 1. The van der Waals surface area contributed by atoms with Crippen LogP contribution in [-0.2, 0) is 11.3 Å². The lowest BCUT2D eigenvalue weighted by Gasteiger charge is -2.26. The van der Waals surface area contributed by atoms with E-state index in [-0.39, 0.29) is 34.3 Å². The Kier molecular flexibility index (Phi) is 2.40. The van der Waals surface area contributed by atoms with Crippen molar-refractivity contribution in [2.24, 2.45) is 0 Å². The Morgan fingerprint density at radius 2 is 2.20 bits per heavy atom. The summed E-state index contributed by atoms with van der Waals surface area (Å²) in [6, 6.07) is 3.95. The zero-order chi connectivity index (χ0) is 11.0. The highest BCUT2D eigenvalue weighted by molar-refractivity contribution is 7.68. The molecular weight excluding hydrogens is 217 g/mol. The molecule has 0 N–H and O–H groups in total. The highest BCUT2D eigenvalue weighted by atomic mass is 32.1. The highest BCUT2D eigenvalue weighted by Gasteiger charge is 2.26.